The molecular weight excluding hydrogens is 148 g/mol. The first-order valence-corrected chi connectivity index (χ1v) is 5.25. The average molecular weight is 166 g/mol. The Hall–Kier alpha value is -0.300. The molecule has 1 fully saturated rings. The van der Waals surface area contributed by atoms with E-state index in [1.807, 2.05) is 0 Å². The topological polar surface area (TPSA) is 20.2 Å². The molecule has 1 N–H and O–H groups in total. The lowest BCUT2D eigenvalue weighted by Crippen LogP contribution is -2.19. The van der Waals surface area contributed by atoms with Crippen LogP contribution in [0, 0.1) is 5.92 Å². The Bertz CT molecular complexity index is 177. The van der Waals surface area contributed by atoms with Crippen molar-refractivity contribution < 1.29 is 5.11 Å². The maximum absolute atomic E-state index is 9.98. The van der Waals surface area contributed by atoms with Crippen LogP contribution in [0.5, 0.6) is 0 Å². The maximum Gasteiger partial charge on any atom is 0.0778 e. The molecule has 0 aromatic rings. The first kappa shape index (κ1) is 8.31. The van der Waals surface area contributed by atoms with E-state index in [1.54, 1.807) is 0 Å². The van der Waals surface area contributed by atoms with Gasteiger partial charge in [0.25, 0.3) is 0 Å². The Balaban J connectivity index is 1.93. The number of aliphatic hydroxyl groups is 1. The molecule has 1 saturated carbocycles. The van der Waals surface area contributed by atoms with E-state index in [0.717, 1.165) is 6.42 Å². The third-order valence-corrected chi connectivity index (χ3v) is 3.30. The van der Waals surface area contributed by atoms with Crippen molar-refractivity contribution in [1.29, 1.82) is 0 Å². The first-order valence-electron chi connectivity index (χ1n) is 5.25. The Morgan fingerprint density at radius 3 is 2.58 bits per heavy atom. The van der Waals surface area contributed by atoms with Crippen molar-refractivity contribution >= 4 is 0 Å². The van der Waals surface area contributed by atoms with Crippen LogP contribution in [0.2, 0.25) is 0 Å². The summed E-state index contributed by atoms with van der Waals surface area (Å²) in [6.45, 7) is 0. The zero-order valence-corrected chi connectivity index (χ0v) is 7.63. The Labute approximate surface area is 74.5 Å². The van der Waals surface area contributed by atoms with E-state index < -0.39 is 0 Å². The average Bonchev–Trinajstić information content (AvgIpc) is 2.77. The van der Waals surface area contributed by atoms with E-state index in [2.05, 4.69) is 6.08 Å². The molecule has 0 heterocycles. The van der Waals surface area contributed by atoms with E-state index in [0.29, 0.717) is 5.92 Å². The van der Waals surface area contributed by atoms with Gasteiger partial charge in [-0.25, -0.2) is 0 Å². The molecule has 2 aliphatic rings. The molecule has 1 nitrogen and oxygen atoms in total. The fourth-order valence-electron chi connectivity index (χ4n) is 2.54. The van der Waals surface area contributed by atoms with Gasteiger partial charge in [0.05, 0.1) is 6.10 Å². The smallest absolute Gasteiger partial charge is 0.0778 e. The van der Waals surface area contributed by atoms with Crippen LogP contribution in [-0.4, -0.2) is 11.2 Å². The van der Waals surface area contributed by atoms with Gasteiger partial charge in [-0.2, -0.15) is 0 Å². The molecule has 1 unspecified atom stereocenters. The molecule has 68 valence electrons. The normalized spacial score (nSPS) is 27.6. The van der Waals surface area contributed by atoms with Crippen molar-refractivity contribution in [1.82, 2.24) is 0 Å². The lowest BCUT2D eigenvalue weighted by atomic mass is 9.94. The second-order valence-electron chi connectivity index (χ2n) is 4.16. The summed E-state index contributed by atoms with van der Waals surface area (Å²) in [4.78, 5) is 0. The van der Waals surface area contributed by atoms with Gasteiger partial charge in [0.2, 0.25) is 0 Å². The highest BCUT2D eigenvalue weighted by Crippen LogP contribution is 2.33. The molecule has 0 amide bonds. The summed E-state index contributed by atoms with van der Waals surface area (Å²) in [7, 11) is 0. The molecule has 2 rings (SSSR count). The van der Waals surface area contributed by atoms with Gasteiger partial charge in [0.15, 0.2) is 0 Å². The predicted molar refractivity (Wildman–Crippen MR) is 49.9 cm³/mol. The second-order valence-corrected chi connectivity index (χ2v) is 4.16. The number of allylic oxidation sites excluding steroid dienone is 1. The van der Waals surface area contributed by atoms with Gasteiger partial charge in [0, 0.05) is 0 Å². The summed E-state index contributed by atoms with van der Waals surface area (Å²) in [5, 5.41) is 9.98. The molecule has 0 aromatic heterocycles. The van der Waals surface area contributed by atoms with Gasteiger partial charge in [-0.3, -0.25) is 0 Å². The van der Waals surface area contributed by atoms with Crippen molar-refractivity contribution in [2.45, 2.75) is 51.0 Å². The van der Waals surface area contributed by atoms with E-state index in [1.165, 1.54) is 44.1 Å². The van der Waals surface area contributed by atoms with Gasteiger partial charge in [-0.1, -0.05) is 18.9 Å². The van der Waals surface area contributed by atoms with Crippen molar-refractivity contribution in [2.24, 2.45) is 5.92 Å². The van der Waals surface area contributed by atoms with E-state index in [-0.39, 0.29) is 6.10 Å². The summed E-state index contributed by atoms with van der Waals surface area (Å²) in [6.07, 6.45) is 10.9. The van der Waals surface area contributed by atoms with Gasteiger partial charge in [-0.15, -0.1) is 0 Å². The van der Waals surface area contributed by atoms with Crippen LogP contribution in [0.1, 0.15) is 44.9 Å². The van der Waals surface area contributed by atoms with Crippen molar-refractivity contribution in [3.8, 4) is 0 Å². The van der Waals surface area contributed by atoms with Gasteiger partial charge in [0.1, 0.15) is 0 Å². The minimum absolute atomic E-state index is 0.0880. The van der Waals surface area contributed by atoms with Gasteiger partial charge < -0.3 is 5.11 Å². The number of hydrogen-bond donors (Lipinski definition) is 1. The molecule has 0 bridgehead atoms. The molecule has 1 heteroatoms. The second kappa shape index (κ2) is 3.61. The third kappa shape index (κ3) is 1.56. The van der Waals surface area contributed by atoms with Crippen LogP contribution in [0.25, 0.3) is 0 Å². The minimum Gasteiger partial charge on any atom is -0.388 e. The monoisotopic (exact) mass is 166 g/mol. The molecule has 0 radical (unpaired) electrons. The zero-order valence-electron chi connectivity index (χ0n) is 7.63. The SMILES string of the molecule is OC(C1=CCCC1)C1CCCC1. The third-order valence-electron chi connectivity index (χ3n) is 3.30. The highest BCUT2D eigenvalue weighted by atomic mass is 16.3. The largest absolute Gasteiger partial charge is 0.388 e. The summed E-state index contributed by atoms with van der Waals surface area (Å²) >= 11 is 0. The zero-order chi connectivity index (χ0) is 8.39. The van der Waals surface area contributed by atoms with Crippen molar-refractivity contribution in [3.05, 3.63) is 11.6 Å². The number of aliphatic hydroxyl groups excluding tert-OH is 1. The minimum atomic E-state index is -0.0880. The summed E-state index contributed by atoms with van der Waals surface area (Å²) in [5.74, 6) is 0.592. The summed E-state index contributed by atoms with van der Waals surface area (Å²) < 4.78 is 0. The molecule has 12 heavy (non-hydrogen) atoms. The van der Waals surface area contributed by atoms with E-state index in [4.69, 9.17) is 0 Å². The Morgan fingerprint density at radius 2 is 2.00 bits per heavy atom. The molecule has 2 aliphatic carbocycles. The lowest BCUT2D eigenvalue weighted by Gasteiger charge is -2.18. The lowest BCUT2D eigenvalue weighted by molar-refractivity contribution is 0.142. The highest BCUT2D eigenvalue weighted by molar-refractivity contribution is 5.14. The fraction of sp³-hybridized carbons (Fsp3) is 0.818. The van der Waals surface area contributed by atoms with Gasteiger partial charge >= 0.3 is 0 Å². The van der Waals surface area contributed by atoms with Crippen LogP contribution in [0.15, 0.2) is 11.6 Å². The molecular formula is C11H18O. The fourth-order valence-corrected chi connectivity index (χ4v) is 2.54. The van der Waals surface area contributed by atoms with E-state index in [9.17, 15) is 5.11 Å². The Morgan fingerprint density at radius 1 is 1.25 bits per heavy atom. The number of hydrogen-bond acceptors (Lipinski definition) is 1. The van der Waals surface area contributed by atoms with Crippen LogP contribution in [0.3, 0.4) is 0 Å². The van der Waals surface area contributed by atoms with Crippen molar-refractivity contribution in [2.75, 3.05) is 0 Å². The summed E-state index contributed by atoms with van der Waals surface area (Å²) in [6, 6.07) is 0. The summed E-state index contributed by atoms with van der Waals surface area (Å²) in [5.41, 5.74) is 1.34. The first-order chi connectivity index (χ1) is 5.88. The molecule has 0 saturated heterocycles. The quantitative estimate of drug-likeness (QED) is 0.625. The number of rotatable bonds is 2. The van der Waals surface area contributed by atoms with Crippen LogP contribution < -0.4 is 0 Å². The predicted octanol–water partition coefficient (Wildman–Crippen LogP) is 2.65. The van der Waals surface area contributed by atoms with Crippen LogP contribution in [-0.2, 0) is 0 Å². The molecule has 1 atom stereocenters. The van der Waals surface area contributed by atoms with Crippen molar-refractivity contribution in [3.63, 3.8) is 0 Å². The maximum atomic E-state index is 9.98. The Kier molecular flexibility index (Phi) is 2.50. The van der Waals surface area contributed by atoms with Gasteiger partial charge in [-0.05, 0) is 43.6 Å². The molecule has 0 aromatic carbocycles. The highest BCUT2D eigenvalue weighted by Gasteiger charge is 2.26. The standard InChI is InChI=1S/C11H18O/c12-11(9-5-1-2-6-9)10-7-3-4-8-10/h5,10-12H,1-4,6-8H2. The molecule has 0 spiro atoms. The van der Waals surface area contributed by atoms with Crippen LogP contribution in [0.4, 0.5) is 0 Å². The van der Waals surface area contributed by atoms with Crippen LogP contribution >= 0.6 is 0 Å². The molecule has 0 aliphatic heterocycles. The van der Waals surface area contributed by atoms with E-state index >= 15 is 0 Å².